The normalized spacial score (nSPS) is 25.0. The highest BCUT2D eigenvalue weighted by atomic mass is 16.3. The average Bonchev–Trinajstić information content (AvgIpc) is 3.57. The molecular weight excluding hydrogens is 628 g/mol. The number of benzene rings is 2. The highest BCUT2D eigenvalue weighted by Crippen LogP contribution is 2.22. The summed E-state index contributed by atoms with van der Waals surface area (Å²) >= 11 is 0. The highest BCUT2D eigenvalue weighted by Gasteiger charge is 2.41. The fourth-order valence-corrected chi connectivity index (χ4v) is 6.32. The minimum atomic E-state index is -1.10. The van der Waals surface area contributed by atoms with E-state index in [1.165, 1.54) is 47.9 Å². The van der Waals surface area contributed by atoms with Crippen LogP contribution in [0.25, 0.3) is 0 Å². The summed E-state index contributed by atoms with van der Waals surface area (Å²) < 4.78 is 0. The topological polar surface area (TPSA) is 168 Å². The van der Waals surface area contributed by atoms with Crippen molar-refractivity contribution in [3.8, 4) is 5.75 Å². The van der Waals surface area contributed by atoms with E-state index in [0.717, 1.165) is 5.56 Å². The van der Waals surface area contributed by atoms with Gasteiger partial charge in [-0.05, 0) is 55.4 Å². The summed E-state index contributed by atoms with van der Waals surface area (Å²) in [5.41, 5.74) is 1.44. The number of rotatable bonds is 6. The number of nitrogens with zero attached hydrogens (tertiary/aromatic N) is 3. The van der Waals surface area contributed by atoms with E-state index in [1.807, 2.05) is 44.2 Å². The van der Waals surface area contributed by atoms with Crippen molar-refractivity contribution in [3.63, 3.8) is 0 Å². The highest BCUT2D eigenvalue weighted by molar-refractivity contribution is 5.97. The van der Waals surface area contributed by atoms with E-state index in [-0.39, 0.29) is 31.1 Å². The lowest BCUT2D eigenvalue weighted by molar-refractivity contribution is -0.147. The van der Waals surface area contributed by atoms with E-state index in [4.69, 9.17) is 0 Å². The number of hydrogen-bond acceptors (Lipinski definition) is 7. The number of carbonyl (C=O) groups excluding carboxylic acids is 6. The van der Waals surface area contributed by atoms with E-state index in [0.29, 0.717) is 31.4 Å². The van der Waals surface area contributed by atoms with Crippen LogP contribution in [0.4, 0.5) is 0 Å². The zero-order valence-electron chi connectivity index (χ0n) is 28.8. The predicted octanol–water partition coefficient (Wildman–Crippen LogP) is 0.988. The first kappa shape index (κ1) is 36.9. The lowest BCUT2D eigenvalue weighted by atomic mass is 10.00. The number of likely N-dealkylation sites (N-methyl/N-ethyl adjacent to an activating group) is 2. The van der Waals surface area contributed by atoms with Crippen LogP contribution >= 0.6 is 0 Å². The maximum absolute atomic E-state index is 14.1. The number of amides is 6. The van der Waals surface area contributed by atoms with Crippen LogP contribution in [0.1, 0.15) is 51.2 Å². The molecule has 2 aromatic rings. The molecule has 2 fully saturated rings. The van der Waals surface area contributed by atoms with E-state index in [9.17, 15) is 33.9 Å². The van der Waals surface area contributed by atoms with Gasteiger partial charge in [0.2, 0.25) is 35.4 Å². The van der Waals surface area contributed by atoms with Gasteiger partial charge in [-0.1, -0.05) is 56.3 Å². The summed E-state index contributed by atoms with van der Waals surface area (Å²) in [5, 5.41) is 18.2. The molecule has 4 rings (SSSR count). The summed E-state index contributed by atoms with van der Waals surface area (Å²) in [6, 6.07) is 10.3. The Balaban J connectivity index is 1.71. The maximum Gasteiger partial charge on any atom is 0.245 e. The SMILES string of the molecule is CC(C)C[C@H]1NC(=O)[C@H](Cc2ccccc2)NC(=O)CN(C)C(=O)[C@@H](C)N(C)C(=O)[C@H](Cc2ccc(O)cc2)NC(=O)[C@@H]2CCCN2C1=O. The Morgan fingerprint density at radius 3 is 2.02 bits per heavy atom. The van der Waals surface area contributed by atoms with Gasteiger partial charge in [-0.2, -0.15) is 0 Å². The van der Waals surface area contributed by atoms with Gasteiger partial charge in [0.05, 0.1) is 6.54 Å². The molecule has 0 unspecified atom stereocenters. The second kappa shape index (κ2) is 16.4. The number of phenolic OH excluding ortho intramolecular Hbond substituents is 1. The minimum absolute atomic E-state index is 0.00801. The largest absolute Gasteiger partial charge is 0.508 e. The molecule has 2 aliphatic rings. The van der Waals surface area contributed by atoms with Crippen molar-refractivity contribution in [2.24, 2.45) is 5.92 Å². The molecule has 0 radical (unpaired) electrons. The average molecular weight is 677 g/mol. The molecule has 2 aliphatic heterocycles. The van der Waals surface area contributed by atoms with E-state index in [1.54, 1.807) is 12.1 Å². The van der Waals surface area contributed by atoms with Crippen molar-refractivity contribution >= 4 is 35.4 Å². The fraction of sp³-hybridized carbons (Fsp3) is 0.500. The Hall–Kier alpha value is -4.94. The number of carbonyl (C=O) groups is 6. The Kier molecular flexibility index (Phi) is 12.4. The summed E-state index contributed by atoms with van der Waals surface area (Å²) in [6.07, 6.45) is 1.41. The summed E-state index contributed by atoms with van der Waals surface area (Å²) in [7, 11) is 2.89. The number of fused-ring (bicyclic) bond motifs is 1. The molecule has 5 atom stereocenters. The summed E-state index contributed by atoms with van der Waals surface area (Å²) in [6.45, 7) is 5.28. The predicted molar refractivity (Wildman–Crippen MR) is 182 cm³/mol. The standard InChI is InChI=1S/C36H48N6O7/c1-22(2)18-28-36(49)42-17-9-12-30(42)33(46)39-29(20-25-13-15-26(43)16-14-25)35(48)41(5)23(3)34(47)40(4)21-31(44)37-27(32(45)38-28)19-24-10-7-6-8-11-24/h6-8,10-11,13-16,22-23,27-30,43H,9,12,17-21H2,1-5H3,(H,37,44)(H,38,45)(H,39,46)/t23-,27+,28-,29+,30+/m1/s1. The fourth-order valence-electron chi connectivity index (χ4n) is 6.32. The van der Waals surface area contributed by atoms with Crippen LogP contribution in [0.2, 0.25) is 0 Å². The smallest absolute Gasteiger partial charge is 0.245 e. The van der Waals surface area contributed by atoms with Gasteiger partial charge in [0.1, 0.15) is 36.0 Å². The molecule has 0 aliphatic carbocycles. The lowest BCUT2D eigenvalue weighted by Gasteiger charge is -2.34. The zero-order valence-corrected chi connectivity index (χ0v) is 28.8. The molecule has 4 N–H and O–H groups in total. The molecule has 0 aromatic heterocycles. The van der Waals surface area contributed by atoms with Gasteiger partial charge in [-0.15, -0.1) is 0 Å². The molecule has 2 saturated heterocycles. The van der Waals surface area contributed by atoms with Crippen molar-refractivity contribution in [2.75, 3.05) is 27.2 Å². The van der Waals surface area contributed by atoms with E-state index < -0.39 is 65.7 Å². The minimum Gasteiger partial charge on any atom is -0.508 e. The third kappa shape index (κ3) is 9.58. The van der Waals surface area contributed by atoms with Crippen molar-refractivity contribution in [3.05, 3.63) is 65.7 Å². The zero-order chi connectivity index (χ0) is 35.8. The molecule has 6 amide bonds. The Labute approximate surface area is 287 Å². The molecule has 264 valence electrons. The lowest BCUT2D eigenvalue weighted by Crippen LogP contribution is -2.60. The number of hydrogen-bond donors (Lipinski definition) is 4. The van der Waals surface area contributed by atoms with Crippen molar-refractivity contribution in [1.29, 1.82) is 0 Å². The third-order valence-corrected chi connectivity index (χ3v) is 9.13. The van der Waals surface area contributed by atoms with Crippen LogP contribution in [0.15, 0.2) is 54.6 Å². The van der Waals surface area contributed by atoms with Crippen LogP contribution in [-0.2, 0) is 41.6 Å². The Morgan fingerprint density at radius 1 is 0.755 bits per heavy atom. The molecule has 13 nitrogen and oxygen atoms in total. The van der Waals surface area contributed by atoms with Gasteiger partial charge >= 0.3 is 0 Å². The monoisotopic (exact) mass is 676 g/mol. The Morgan fingerprint density at radius 2 is 1.37 bits per heavy atom. The third-order valence-electron chi connectivity index (χ3n) is 9.13. The number of nitrogens with one attached hydrogen (secondary N) is 3. The van der Waals surface area contributed by atoms with Gasteiger partial charge in [-0.25, -0.2) is 0 Å². The maximum atomic E-state index is 14.1. The van der Waals surface area contributed by atoms with Gasteiger partial charge in [0.15, 0.2) is 0 Å². The summed E-state index contributed by atoms with van der Waals surface area (Å²) in [5.74, 6) is -3.08. The van der Waals surface area contributed by atoms with Crippen molar-refractivity contribution < 1.29 is 33.9 Å². The molecule has 13 heteroatoms. The first-order chi connectivity index (χ1) is 23.2. The second-order valence-corrected chi connectivity index (χ2v) is 13.4. The molecule has 2 aromatic carbocycles. The van der Waals surface area contributed by atoms with Gasteiger partial charge in [0.25, 0.3) is 0 Å². The van der Waals surface area contributed by atoms with E-state index in [2.05, 4.69) is 16.0 Å². The van der Waals surface area contributed by atoms with Crippen molar-refractivity contribution in [2.45, 2.75) is 83.1 Å². The molecule has 0 spiro atoms. The molecule has 0 saturated carbocycles. The second-order valence-electron chi connectivity index (χ2n) is 13.4. The number of aromatic hydroxyl groups is 1. The van der Waals surface area contributed by atoms with Gasteiger partial charge in [0, 0.05) is 33.5 Å². The van der Waals surface area contributed by atoms with Gasteiger partial charge in [-0.3, -0.25) is 28.8 Å². The number of phenols is 1. The molecule has 2 heterocycles. The molecule has 49 heavy (non-hydrogen) atoms. The Bertz CT molecular complexity index is 1520. The van der Waals surface area contributed by atoms with Crippen LogP contribution in [-0.4, -0.2) is 113 Å². The van der Waals surface area contributed by atoms with Crippen LogP contribution in [0.5, 0.6) is 5.75 Å². The molecular formula is C36H48N6O7. The quantitative estimate of drug-likeness (QED) is 0.354. The first-order valence-corrected chi connectivity index (χ1v) is 16.8. The van der Waals surface area contributed by atoms with Crippen molar-refractivity contribution in [1.82, 2.24) is 30.7 Å². The van der Waals surface area contributed by atoms with Crippen LogP contribution < -0.4 is 16.0 Å². The first-order valence-electron chi connectivity index (χ1n) is 16.8. The summed E-state index contributed by atoms with van der Waals surface area (Å²) in [4.78, 5) is 86.5. The molecule has 0 bridgehead atoms. The van der Waals surface area contributed by atoms with E-state index >= 15 is 0 Å². The van der Waals surface area contributed by atoms with Gasteiger partial charge < -0.3 is 35.8 Å². The van der Waals surface area contributed by atoms with Crippen LogP contribution in [0.3, 0.4) is 0 Å². The van der Waals surface area contributed by atoms with Crippen LogP contribution in [0, 0.1) is 5.92 Å².